The fraction of sp³-hybridized carbons (Fsp3) is 0.188. The summed E-state index contributed by atoms with van der Waals surface area (Å²) < 4.78 is 0. The summed E-state index contributed by atoms with van der Waals surface area (Å²) in [6.07, 6.45) is 0.199. The molecule has 4 aromatic carbocycles. The van der Waals surface area contributed by atoms with E-state index in [1.807, 2.05) is 66.7 Å². The van der Waals surface area contributed by atoms with Crippen molar-refractivity contribution >= 4 is 11.9 Å². The average molecular weight is 478 g/mol. The van der Waals surface area contributed by atoms with Gasteiger partial charge in [0.15, 0.2) is 0 Å². The fourth-order valence-corrected chi connectivity index (χ4v) is 4.14. The van der Waals surface area contributed by atoms with Crippen LogP contribution in [0, 0.1) is 0 Å². The second-order valence-corrected chi connectivity index (χ2v) is 10.0. The number of aliphatic carboxylic acids is 1. The van der Waals surface area contributed by atoms with Gasteiger partial charge in [-0.25, -0.2) is 4.79 Å². The molecule has 0 bridgehead atoms. The molecule has 0 saturated carbocycles. The van der Waals surface area contributed by atoms with Gasteiger partial charge in [-0.2, -0.15) is 0 Å². The highest BCUT2D eigenvalue weighted by atomic mass is 16.4. The monoisotopic (exact) mass is 477 g/mol. The van der Waals surface area contributed by atoms with Crippen molar-refractivity contribution in [3.8, 4) is 22.3 Å². The third-order valence-electron chi connectivity index (χ3n) is 6.31. The molecule has 4 aromatic rings. The van der Waals surface area contributed by atoms with Gasteiger partial charge >= 0.3 is 5.97 Å². The zero-order valence-corrected chi connectivity index (χ0v) is 20.9. The average Bonchev–Trinajstić information content (AvgIpc) is 2.89. The van der Waals surface area contributed by atoms with Crippen LogP contribution in [0.1, 0.15) is 42.3 Å². The Bertz CT molecular complexity index is 1340. The number of carboxylic acid groups (broad SMARTS) is 1. The van der Waals surface area contributed by atoms with Crippen molar-refractivity contribution in [3.05, 3.63) is 120 Å². The van der Waals surface area contributed by atoms with E-state index in [0.29, 0.717) is 5.56 Å². The number of nitrogens with one attached hydrogen (secondary N) is 1. The summed E-state index contributed by atoms with van der Waals surface area (Å²) in [6.45, 7) is 6.51. The molecule has 0 aliphatic carbocycles. The minimum Gasteiger partial charge on any atom is -0.480 e. The second kappa shape index (κ2) is 10.6. The van der Waals surface area contributed by atoms with E-state index in [2.05, 4.69) is 50.4 Å². The molecule has 0 heterocycles. The smallest absolute Gasteiger partial charge is 0.326 e. The largest absolute Gasteiger partial charge is 0.480 e. The zero-order valence-electron chi connectivity index (χ0n) is 20.9. The van der Waals surface area contributed by atoms with Crippen LogP contribution in [-0.2, 0) is 16.6 Å². The summed E-state index contributed by atoms with van der Waals surface area (Å²) in [5, 5.41) is 12.5. The van der Waals surface area contributed by atoms with Gasteiger partial charge in [0, 0.05) is 12.0 Å². The number of amides is 1. The first kappa shape index (κ1) is 24.9. The van der Waals surface area contributed by atoms with E-state index in [9.17, 15) is 14.7 Å². The van der Waals surface area contributed by atoms with Crippen molar-refractivity contribution in [2.75, 3.05) is 0 Å². The molecule has 1 atom stereocenters. The number of carbonyl (C=O) groups excluding carboxylic acids is 1. The number of carbonyl (C=O) groups is 2. The molecule has 182 valence electrons. The highest BCUT2D eigenvalue weighted by molar-refractivity contribution is 5.97. The first-order valence-electron chi connectivity index (χ1n) is 12.1. The lowest BCUT2D eigenvalue weighted by Gasteiger charge is -2.19. The maximum absolute atomic E-state index is 13.0. The molecule has 4 nitrogen and oxygen atoms in total. The molecule has 0 saturated heterocycles. The number of carboxylic acids is 1. The van der Waals surface area contributed by atoms with Crippen LogP contribution in [0.15, 0.2) is 103 Å². The standard InChI is InChI=1S/C32H31NO3/c1-32(2,3)28-18-16-25(17-19-28)26-10-7-11-27(21-26)30(34)33-29(31(35)36)20-22-12-14-24(15-13-22)23-8-5-4-6-9-23/h4-19,21,29H,20H2,1-3H3,(H,33,34)(H,35,36). The van der Waals surface area contributed by atoms with Crippen molar-refractivity contribution in [1.82, 2.24) is 5.32 Å². The van der Waals surface area contributed by atoms with Gasteiger partial charge in [-0.05, 0) is 50.9 Å². The fourth-order valence-electron chi connectivity index (χ4n) is 4.14. The van der Waals surface area contributed by atoms with Crippen molar-refractivity contribution in [2.45, 2.75) is 38.6 Å². The van der Waals surface area contributed by atoms with Crippen LogP contribution < -0.4 is 5.32 Å². The molecular weight excluding hydrogens is 446 g/mol. The minimum atomic E-state index is -1.07. The van der Waals surface area contributed by atoms with E-state index in [0.717, 1.165) is 27.8 Å². The molecule has 0 spiro atoms. The maximum Gasteiger partial charge on any atom is 0.326 e. The van der Waals surface area contributed by atoms with Crippen LogP contribution in [0.5, 0.6) is 0 Å². The third-order valence-corrected chi connectivity index (χ3v) is 6.31. The molecule has 1 unspecified atom stereocenters. The predicted octanol–water partition coefficient (Wildman–Crippen LogP) is 6.74. The first-order chi connectivity index (χ1) is 17.2. The van der Waals surface area contributed by atoms with Crippen LogP contribution in [-0.4, -0.2) is 23.0 Å². The number of hydrogen-bond donors (Lipinski definition) is 2. The van der Waals surface area contributed by atoms with Gasteiger partial charge in [-0.1, -0.05) is 112 Å². The zero-order chi connectivity index (χ0) is 25.7. The Hall–Kier alpha value is -4.18. The maximum atomic E-state index is 13.0. The number of rotatable bonds is 7. The Labute approximate surface area is 212 Å². The molecule has 36 heavy (non-hydrogen) atoms. The predicted molar refractivity (Wildman–Crippen MR) is 145 cm³/mol. The Morgan fingerprint density at radius 2 is 1.28 bits per heavy atom. The lowest BCUT2D eigenvalue weighted by Crippen LogP contribution is -2.42. The molecule has 0 aromatic heterocycles. The summed E-state index contributed by atoms with van der Waals surface area (Å²) in [5.41, 5.74) is 6.64. The Morgan fingerprint density at radius 3 is 1.89 bits per heavy atom. The van der Waals surface area contributed by atoms with E-state index in [4.69, 9.17) is 0 Å². The summed E-state index contributed by atoms with van der Waals surface area (Å²) >= 11 is 0. The highest BCUT2D eigenvalue weighted by Gasteiger charge is 2.21. The van der Waals surface area contributed by atoms with Gasteiger partial charge in [0.25, 0.3) is 5.91 Å². The van der Waals surface area contributed by atoms with Crippen LogP contribution in [0.3, 0.4) is 0 Å². The van der Waals surface area contributed by atoms with E-state index < -0.39 is 17.9 Å². The summed E-state index contributed by atoms with van der Waals surface area (Å²) in [6, 6.07) is 32.3. The first-order valence-corrected chi connectivity index (χ1v) is 12.1. The van der Waals surface area contributed by atoms with Crippen LogP contribution in [0.4, 0.5) is 0 Å². The van der Waals surface area contributed by atoms with Crippen LogP contribution in [0.2, 0.25) is 0 Å². The molecule has 0 aliphatic heterocycles. The minimum absolute atomic E-state index is 0.0635. The topological polar surface area (TPSA) is 66.4 Å². The Morgan fingerprint density at radius 1 is 0.722 bits per heavy atom. The molecule has 1 amide bonds. The molecule has 4 heteroatoms. The Kier molecular flexibility index (Phi) is 7.35. The van der Waals surface area contributed by atoms with Crippen molar-refractivity contribution in [3.63, 3.8) is 0 Å². The lowest BCUT2D eigenvalue weighted by molar-refractivity contribution is -0.139. The summed E-state index contributed by atoms with van der Waals surface area (Å²) in [5.74, 6) is -1.47. The van der Waals surface area contributed by atoms with Gasteiger partial charge < -0.3 is 10.4 Å². The van der Waals surface area contributed by atoms with Gasteiger partial charge in [0.05, 0.1) is 0 Å². The van der Waals surface area contributed by atoms with Crippen molar-refractivity contribution in [1.29, 1.82) is 0 Å². The van der Waals surface area contributed by atoms with Crippen LogP contribution in [0.25, 0.3) is 22.3 Å². The molecule has 0 radical (unpaired) electrons. The van der Waals surface area contributed by atoms with E-state index in [1.165, 1.54) is 5.56 Å². The van der Waals surface area contributed by atoms with Gasteiger partial charge in [0.1, 0.15) is 6.04 Å². The molecule has 2 N–H and O–H groups in total. The van der Waals surface area contributed by atoms with Gasteiger partial charge in [-0.15, -0.1) is 0 Å². The lowest BCUT2D eigenvalue weighted by atomic mass is 9.86. The summed E-state index contributed by atoms with van der Waals surface area (Å²) in [7, 11) is 0. The molecule has 0 fully saturated rings. The molecular formula is C32H31NO3. The van der Waals surface area contributed by atoms with E-state index in [-0.39, 0.29) is 11.8 Å². The van der Waals surface area contributed by atoms with Gasteiger partial charge in [0.2, 0.25) is 0 Å². The molecule has 0 aliphatic rings. The van der Waals surface area contributed by atoms with E-state index >= 15 is 0 Å². The second-order valence-electron chi connectivity index (χ2n) is 10.0. The van der Waals surface area contributed by atoms with Crippen molar-refractivity contribution < 1.29 is 14.7 Å². The van der Waals surface area contributed by atoms with Crippen LogP contribution >= 0.6 is 0 Å². The highest BCUT2D eigenvalue weighted by Crippen LogP contribution is 2.27. The third kappa shape index (κ3) is 6.08. The van der Waals surface area contributed by atoms with E-state index in [1.54, 1.807) is 12.1 Å². The quantitative estimate of drug-likeness (QED) is 0.310. The summed E-state index contributed by atoms with van der Waals surface area (Å²) in [4.78, 5) is 24.9. The normalized spacial score (nSPS) is 12.1. The Balaban J connectivity index is 1.46. The van der Waals surface area contributed by atoms with Gasteiger partial charge in [-0.3, -0.25) is 4.79 Å². The number of hydrogen-bond acceptors (Lipinski definition) is 2. The SMILES string of the molecule is CC(C)(C)c1ccc(-c2cccc(C(=O)NC(Cc3ccc(-c4ccccc4)cc3)C(=O)O)c2)cc1. The van der Waals surface area contributed by atoms with Crippen molar-refractivity contribution in [2.24, 2.45) is 0 Å². The molecule has 4 rings (SSSR count). The number of benzene rings is 4.